The molecule has 0 spiro atoms. The number of carbonyl (C=O) groups excluding carboxylic acids is 2. The average Bonchev–Trinajstić information content (AvgIpc) is 2.40. The summed E-state index contributed by atoms with van der Waals surface area (Å²) < 4.78 is 0. The maximum atomic E-state index is 11.8. The first-order valence-electron chi connectivity index (χ1n) is 5.29. The van der Waals surface area contributed by atoms with Gasteiger partial charge in [0.15, 0.2) is 17.7 Å². The lowest BCUT2D eigenvalue weighted by Crippen LogP contribution is -2.29. The molecule has 1 aromatic carbocycles. The largest absolute Gasteiger partial charge is 0.350 e. The number of benzene rings is 1. The summed E-state index contributed by atoms with van der Waals surface area (Å²) in [6.07, 6.45) is 0.282. The number of nitrogens with one attached hydrogen (secondary N) is 2. The second-order valence-corrected chi connectivity index (χ2v) is 4.10. The highest BCUT2D eigenvalue weighted by atomic mass is 35.5. The van der Waals surface area contributed by atoms with Crippen LogP contribution in [0.3, 0.4) is 0 Å². The summed E-state index contributed by atoms with van der Waals surface area (Å²) in [6.45, 7) is 0. The van der Waals surface area contributed by atoms with Crippen LogP contribution in [0.1, 0.15) is 5.69 Å². The molecule has 0 bridgehead atoms. The topological polar surface area (TPSA) is 130 Å². The van der Waals surface area contributed by atoms with Crippen molar-refractivity contribution in [3.63, 3.8) is 0 Å². The molecule has 1 aromatic heterocycles. The number of halogens is 1. The molecule has 0 aliphatic carbocycles. The van der Waals surface area contributed by atoms with Crippen LogP contribution in [0.25, 0.3) is 11.0 Å². The maximum absolute atomic E-state index is 11.8. The molecule has 9 heteroatoms. The minimum Gasteiger partial charge on any atom is -0.350 e. The van der Waals surface area contributed by atoms with E-state index >= 15 is 0 Å². The van der Waals surface area contributed by atoms with Crippen LogP contribution in [0.4, 0.5) is 4.79 Å². The van der Waals surface area contributed by atoms with Gasteiger partial charge in [-0.3, -0.25) is 9.59 Å². The molecule has 0 saturated heterocycles. The number of primary amides is 1. The third-order valence-electron chi connectivity index (χ3n) is 2.30. The van der Waals surface area contributed by atoms with Gasteiger partial charge in [-0.15, -0.1) is 0 Å². The van der Waals surface area contributed by atoms with Crippen LogP contribution in [-0.4, -0.2) is 28.0 Å². The summed E-state index contributed by atoms with van der Waals surface area (Å²) in [4.78, 5) is 39.8. The standard InChI is InChI=1S/C11H8ClN5O3/c12-5-1-2-6-7(3-5)14-9(10(19)15-6)8(4-18)16-17-11(13)20/h1-4H,(H,15,19)(H3,13,17,20)/b16-8+. The second-order valence-electron chi connectivity index (χ2n) is 3.67. The van der Waals surface area contributed by atoms with Crippen molar-refractivity contribution in [3.8, 4) is 0 Å². The molecule has 20 heavy (non-hydrogen) atoms. The molecule has 0 aliphatic rings. The van der Waals surface area contributed by atoms with Crippen LogP contribution in [0, 0.1) is 0 Å². The van der Waals surface area contributed by atoms with E-state index in [1.165, 1.54) is 6.07 Å². The quantitative estimate of drug-likeness (QED) is 0.422. The first-order valence-corrected chi connectivity index (χ1v) is 5.67. The van der Waals surface area contributed by atoms with Crippen molar-refractivity contribution in [1.29, 1.82) is 0 Å². The van der Waals surface area contributed by atoms with E-state index in [1.807, 2.05) is 5.43 Å². The van der Waals surface area contributed by atoms with E-state index in [2.05, 4.69) is 15.1 Å². The zero-order valence-corrected chi connectivity index (χ0v) is 10.6. The summed E-state index contributed by atoms with van der Waals surface area (Å²) in [5.74, 6) is 0. The number of H-pyrrole nitrogens is 1. The molecule has 0 unspecified atom stereocenters. The number of aldehydes is 1. The van der Waals surface area contributed by atoms with E-state index < -0.39 is 11.6 Å². The zero-order valence-electron chi connectivity index (χ0n) is 9.88. The number of hydrogen-bond donors (Lipinski definition) is 3. The number of hydrogen-bond acceptors (Lipinski definition) is 5. The van der Waals surface area contributed by atoms with E-state index in [9.17, 15) is 14.4 Å². The van der Waals surface area contributed by atoms with Crippen LogP contribution < -0.4 is 16.7 Å². The predicted octanol–water partition coefficient (Wildman–Crippen LogP) is 0.148. The van der Waals surface area contributed by atoms with E-state index in [0.717, 1.165) is 0 Å². The highest BCUT2D eigenvalue weighted by Crippen LogP contribution is 2.14. The normalized spacial score (nSPS) is 11.3. The molecule has 2 rings (SSSR count). The number of hydrazone groups is 1. The number of fused-ring (bicyclic) bond motifs is 1. The Morgan fingerprint density at radius 3 is 2.90 bits per heavy atom. The van der Waals surface area contributed by atoms with Gasteiger partial charge in [0.2, 0.25) is 0 Å². The number of rotatable bonds is 3. The van der Waals surface area contributed by atoms with Gasteiger partial charge in [-0.2, -0.15) is 5.10 Å². The first kappa shape index (κ1) is 13.7. The summed E-state index contributed by atoms with van der Waals surface area (Å²) in [5.41, 5.74) is 6.28. The molecule has 0 radical (unpaired) electrons. The number of nitrogens with two attached hydrogens (primary N) is 1. The SMILES string of the molecule is NC(=O)N/N=C(\C=O)c1nc2cc(Cl)ccc2[nH]c1=O. The molecular weight excluding hydrogens is 286 g/mol. The molecule has 2 aromatic rings. The summed E-state index contributed by atoms with van der Waals surface area (Å²) in [6, 6.07) is 3.71. The second kappa shape index (κ2) is 5.49. The van der Waals surface area contributed by atoms with Gasteiger partial charge in [0.1, 0.15) is 0 Å². The van der Waals surface area contributed by atoms with Gasteiger partial charge >= 0.3 is 6.03 Å². The molecule has 1 heterocycles. The highest BCUT2D eigenvalue weighted by Gasteiger charge is 2.12. The van der Waals surface area contributed by atoms with Gasteiger partial charge in [-0.05, 0) is 18.2 Å². The smallest absolute Gasteiger partial charge is 0.332 e. The van der Waals surface area contributed by atoms with Gasteiger partial charge in [0.05, 0.1) is 11.0 Å². The number of carbonyl (C=O) groups is 2. The number of amides is 2. The summed E-state index contributed by atoms with van der Waals surface area (Å²) >= 11 is 5.82. The van der Waals surface area contributed by atoms with Crippen molar-refractivity contribution in [1.82, 2.24) is 15.4 Å². The summed E-state index contributed by atoms with van der Waals surface area (Å²) in [7, 11) is 0. The summed E-state index contributed by atoms with van der Waals surface area (Å²) in [5, 5.41) is 3.83. The molecule has 0 atom stereocenters. The lowest BCUT2D eigenvalue weighted by Gasteiger charge is -2.02. The van der Waals surface area contributed by atoms with Crippen molar-refractivity contribution in [2.24, 2.45) is 10.8 Å². The lowest BCUT2D eigenvalue weighted by atomic mass is 10.2. The molecule has 4 N–H and O–H groups in total. The Kier molecular flexibility index (Phi) is 3.76. The minimum atomic E-state index is -0.968. The Balaban J connectivity index is 2.60. The van der Waals surface area contributed by atoms with Gasteiger partial charge in [-0.1, -0.05) is 11.6 Å². The van der Waals surface area contributed by atoms with Crippen molar-refractivity contribution < 1.29 is 9.59 Å². The first-order chi connectivity index (χ1) is 9.51. The Labute approximate surface area is 116 Å². The Bertz CT molecular complexity index is 783. The van der Waals surface area contributed by atoms with E-state index in [0.29, 0.717) is 16.1 Å². The maximum Gasteiger partial charge on any atom is 0.332 e. The predicted molar refractivity (Wildman–Crippen MR) is 72.7 cm³/mol. The fourth-order valence-electron chi connectivity index (χ4n) is 1.48. The van der Waals surface area contributed by atoms with Crippen molar-refractivity contribution in [3.05, 3.63) is 39.3 Å². The van der Waals surface area contributed by atoms with Crippen LogP contribution in [0.5, 0.6) is 0 Å². The molecule has 8 nitrogen and oxygen atoms in total. The number of aromatic nitrogens is 2. The Hall–Kier alpha value is -2.74. The molecule has 2 amide bonds. The van der Waals surface area contributed by atoms with Crippen molar-refractivity contribution in [2.75, 3.05) is 0 Å². The van der Waals surface area contributed by atoms with E-state index in [-0.39, 0.29) is 17.7 Å². The highest BCUT2D eigenvalue weighted by molar-refractivity contribution is 6.35. The third kappa shape index (κ3) is 2.81. The van der Waals surface area contributed by atoms with Crippen LogP contribution in [-0.2, 0) is 4.79 Å². The minimum absolute atomic E-state index is 0.247. The fraction of sp³-hybridized carbons (Fsp3) is 0. The number of aromatic amines is 1. The third-order valence-corrected chi connectivity index (χ3v) is 2.53. The molecule has 0 saturated carbocycles. The van der Waals surface area contributed by atoms with Gasteiger partial charge in [0.25, 0.3) is 5.56 Å². The monoisotopic (exact) mass is 293 g/mol. The zero-order chi connectivity index (χ0) is 14.7. The average molecular weight is 294 g/mol. The number of urea groups is 1. The Morgan fingerprint density at radius 1 is 1.50 bits per heavy atom. The Morgan fingerprint density at radius 2 is 2.25 bits per heavy atom. The lowest BCUT2D eigenvalue weighted by molar-refractivity contribution is -0.102. The van der Waals surface area contributed by atoms with Crippen LogP contribution in [0.15, 0.2) is 28.1 Å². The number of nitrogens with zero attached hydrogens (tertiary/aromatic N) is 2. The molecule has 102 valence electrons. The van der Waals surface area contributed by atoms with E-state index in [4.69, 9.17) is 17.3 Å². The van der Waals surface area contributed by atoms with Crippen LogP contribution >= 0.6 is 11.6 Å². The van der Waals surface area contributed by atoms with E-state index in [1.54, 1.807) is 12.1 Å². The van der Waals surface area contributed by atoms with Gasteiger partial charge < -0.3 is 10.7 Å². The molecule has 0 aliphatic heterocycles. The van der Waals surface area contributed by atoms with Crippen molar-refractivity contribution >= 4 is 40.7 Å². The fourth-order valence-corrected chi connectivity index (χ4v) is 1.65. The molecular formula is C11H8ClN5O3. The van der Waals surface area contributed by atoms with Gasteiger partial charge in [0, 0.05) is 5.02 Å². The van der Waals surface area contributed by atoms with Crippen LogP contribution in [0.2, 0.25) is 5.02 Å². The van der Waals surface area contributed by atoms with Gasteiger partial charge in [-0.25, -0.2) is 15.2 Å². The van der Waals surface area contributed by atoms with Crippen molar-refractivity contribution in [2.45, 2.75) is 0 Å². The molecule has 0 fully saturated rings.